The van der Waals surface area contributed by atoms with Crippen molar-refractivity contribution >= 4 is 17.5 Å². The standard InChI is InChI=1S/C22H20O2S/c23-16-21(24)17-25-22(18-10-4-1-5-11-18,19-12-6-2-7-13-19)20-14-8-3-9-15-20/h1-15,23H,16-17H2. The number of aliphatic hydroxyl groups excluding tert-OH is 1. The Kier molecular flexibility index (Phi) is 5.69. The first-order valence-corrected chi connectivity index (χ1v) is 9.19. The van der Waals surface area contributed by atoms with Gasteiger partial charge in [-0.15, -0.1) is 11.8 Å². The molecule has 0 saturated carbocycles. The fourth-order valence-electron chi connectivity index (χ4n) is 3.00. The first-order chi connectivity index (χ1) is 12.3. The van der Waals surface area contributed by atoms with Crippen molar-refractivity contribution in [1.82, 2.24) is 0 Å². The summed E-state index contributed by atoms with van der Waals surface area (Å²) in [6.07, 6.45) is 0. The Morgan fingerprint density at radius 2 is 1.08 bits per heavy atom. The van der Waals surface area contributed by atoms with E-state index in [0.29, 0.717) is 0 Å². The number of benzene rings is 3. The normalized spacial score (nSPS) is 11.2. The average Bonchev–Trinajstić information content (AvgIpc) is 2.71. The number of rotatable bonds is 7. The maximum Gasteiger partial charge on any atom is 0.168 e. The lowest BCUT2D eigenvalue weighted by molar-refractivity contribution is -0.119. The molecule has 0 heterocycles. The predicted octanol–water partition coefficient (Wildman–Crippen LogP) is 4.27. The van der Waals surface area contributed by atoms with E-state index < -0.39 is 11.4 Å². The highest BCUT2D eigenvalue weighted by Crippen LogP contribution is 2.48. The van der Waals surface area contributed by atoms with Crippen LogP contribution in [0, 0.1) is 0 Å². The Morgan fingerprint density at radius 1 is 0.720 bits per heavy atom. The van der Waals surface area contributed by atoms with E-state index in [4.69, 9.17) is 0 Å². The Balaban J connectivity index is 2.22. The summed E-state index contributed by atoms with van der Waals surface area (Å²) in [6.45, 7) is -0.429. The van der Waals surface area contributed by atoms with Crippen LogP contribution in [0.1, 0.15) is 16.7 Å². The average molecular weight is 348 g/mol. The van der Waals surface area contributed by atoms with Gasteiger partial charge in [-0.2, -0.15) is 0 Å². The monoisotopic (exact) mass is 348 g/mol. The van der Waals surface area contributed by atoms with Crippen LogP contribution in [0.15, 0.2) is 91.0 Å². The minimum Gasteiger partial charge on any atom is -0.389 e. The molecule has 0 radical (unpaired) electrons. The Labute approximate surface area is 152 Å². The number of thioether (sulfide) groups is 1. The van der Waals surface area contributed by atoms with E-state index in [1.807, 2.05) is 54.6 Å². The van der Waals surface area contributed by atoms with Crippen LogP contribution in [0.25, 0.3) is 0 Å². The van der Waals surface area contributed by atoms with Gasteiger partial charge in [0, 0.05) is 0 Å². The zero-order valence-electron chi connectivity index (χ0n) is 13.8. The molecule has 3 aromatic rings. The molecule has 0 saturated heterocycles. The number of hydrogen-bond donors (Lipinski definition) is 1. The minimum absolute atomic E-state index is 0.169. The molecule has 2 nitrogen and oxygen atoms in total. The summed E-state index contributed by atoms with van der Waals surface area (Å²) in [7, 11) is 0. The van der Waals surface area contributed by atoms with E-state index in [2.05, 4.69) is 36.4 Å². The number of ketones is 1. The first-order valence-electron chi connectivity index (χ1n) is 8.20. The van der Waals surface area contributed by atoms with Crippen LogP contribution in [0.3, 0.4) is 0 Å². The minimum atomic E-state index is -0.505. The van der Waals surface area contributed by atoms with Crippen LogP contribution in [0.5, 0.6) is 0 Å². The van der Waals surface area contributed by atoms with Crippen LogP contribution >= 0.6 is 11.8 Å². The number of aliphatic hydroxyl groups is 1. The van der Waals surface area contributed by atoms with Crippen molar-refractivity contribution in [2.45, 2.75) is 4.75 Å². The lowest BCUT2D eigenvalue weighted by Crippen LogP contribution is -2.27. The molecular weight excluding hydrogens is 328 g/mol. The number of carbonyl (C=O) groups excluding carboxylic acids is 1. The van der Waals surface area contributed by atoms with Crippen LogP contribution in [0.2, 0.25) is 0 Å². The molecular formula is C22H20O2S. The predicted molar refractivity (Wildman–Crippen MR) is 104 cm³/mol. The van der Waals surface area contributed by atoms with Gasteiger partial charge < -0.3 is 5.11 Å². The van der Waals surface area contributed by atoms with Gasteiger partial charge in [0.1, 0.15) is 6.61 Å². The molecule has 0 aliphatic carbocycles. The van der Waals surface area contributed by atoms with E-state index in [-0.39, 0.29) is 11.5 Å². The fourth-order valence-corrected chi connectivity index (χ4v) is 4.38. The SMILES string of the molecule is O=C(CO)CSC(c1ccccc1)(c1ccccc1)c1ccccc1. The first kappa shape index (κ1) is 17.5. The summed E-state index contributed by atoms with van der Waals surface area (Å²) < 4.78 is -0.505. The van der Waals surface area contributed by atoms with Gasteiger partial charge in [0.15, 0.2) is 5.78 Å². The largest absolute Gasteiger partial charge is 0.389 e. The van der Waals surface area contributed by atoms with Crippen LogP contribution in [-0.4, -0.2) is 23.2 Å². The molecule has 3 rings (SSSR count). The van der Waals surface area contributed by atoms with Crippen LogP contribution < -0.4 is 0 Å². The molecule has 0 aliphatic rings. The maximum atomic E-state index is 11.9. The zero-order valence-corrected chi connectivity index (χ0v) is 14.7. The number of hydrogen-bond acceptors (Lipinski definition) is 3. The van der Waals surface area contributed by atoms with Crippen molar-refractivity contribution in [3.63, 3.8) is 0 Å². The molecule has 0 aromatic heterocycles. The Bertz CT molecular complexity index is 705. The van der Waals surface area contributed by atoms with Crippen LogP contribution in [0.4, 0.5) is 0 Å². The zero-order chi connectivity index (χ0) is 17.5. The molecule has 3 aromatic carbocycles. The molecule has 0 unspecified atom stereocenters. The van der Waals surface area contributed by atoms with E-state index in [9.17, 15) is 9.90 Å². The van der Waals surface area contributed by atoms with Crippen molar-refractivity contribution in [3.8, 4) is 0 Å². The van der Waals surface area contributed by atoms with Gasteiger partial charge in [0.25, 0.3) is 0 Å². The smallest absolute Gasteiger partial charge is 0.168 e. The topological polar surface area (TPSA) is 37.3 Å². The summed E-state index contributed by atoms with van der Waals surface area (Å²) in [5.74, 6) is 0.0759. The molecule has 3 heteroatoms. The quantitative estimate of drug-likeness (QED) is 0.648. The molecule has 1 N–H and O–H groups in total. The van der Waals surface area contributed by atoms with Gasteiger partial charge in [-0.05, 0) is 16.7 Å². The maximum absolute atomic E-state index is 11.9. The van der Waals surface area contributed by atoms with Crippen molar-refractivity contribution in [3.05, 3.63) is 108 Å². The highest BCUT2D eigenvalue weighted by molar-refractivity contribution is 8.01. The molecule has 0 aliphatic heterocycles. The Morgan fingerprint density at radius 3 is 1.40 bits per heavy atom. The third-order valence-corrected chi connectivity index (χ3v) is 5.77. The second kappa shape index (κ2) is 8.15. The summed E-state index contributed by atoms with van der Waals surface area (Å²) in [5, 5.41) is 9.18. The van der Waals surface area contributed by atoms with Crippen LogP contribution in [-0.2, 0) is 9.54 Å². The van der Waals surface area contributed by atoms with Crippen molar-refractivity contribution < 1.29 is 9.90 Å². The molecule has 0 atom stereocenters. The Hall–Kier alpha value is -2.36. The summed E-state index contributed by atoms with van der Waals surface area (Å²) in [5.41, 5.74) is 3.34. The summed E-state index contributed by atoms with van der Waals surface area (Å²) in [4.78, 5) is 11.9. The van der Waals surface area contributed by atoms with Gasteiger partial charge in [-0.1, -0.05) is 91.0 Å². The number of Topliss-reactive ketones (excluding diaryl/α,β-unsaturated/α-hetero) is 1. The molecule has 0 fully saturated rings. The van der Waals surface area contributed by atoms with E-state index >= 15 is 0 Å². The van der Waals surface area contributed by atoms with E-state index in [1.54, 1.807) is 11.8 Å². The van der Waals surface area contributed by atoms with Gasteiger partial charge in [0.2, 0.25) is 0 Å². The summed E-state index contributed by atoms with van der Waals surface area (Å²) in [6, 6.07) is 30.7. The van der Waals surface area contributed by atoms with Gasteiger partial charge in [-0.3, -0.25) is 4.79 Å². The highest BCUT2D eigenvalue weighted by atomic mass is 32.2. The van der Waals surface area contributed by atoms with Crippen molar-refractivity contribution in [2.75, 3.05) is 12.4 Å². The third kappa shape index (κ3) is 3.68. The molecule has 126 valence electrons. The van der Waals surface area contributed by atoms with Crippen molar-refractivity contribution in [1.29, 1.82) is 0 Å². The lowest BCUT2D eigenvalue weighted by Gasteiger charge is -2.35. The lowest BCUT2D eigenvalue weighted by atomic mass is 9.84. The van der Waals surface area contributed by atoms with Gasteiger partial charge >= 0.3 is 0 Å². The van der Waals surface area contributed by atoms with Crippen molar-refractivity contribution in [2.24, 2.45) is 0 Å². The fraction of sp³-hybridized carbons (Fsp3) is 0.136. The summed E-state index contributed by atoms with van der Waals surface area (Å²) >= 11 is 1.55. The van der Waals surface area contributed by atoms with E-state index in [1.165, 1.54) is 0 Å². The molecule has 25 heavy (non-hydrogen) atoms. The van der Waals surface area contributed by atoms with E-state index in [0.717, 1.165) is 16.7 Å². The van der Waals surface area contributed by atoms with Gasteiger partial charge in [0.05, 0.1) is 10.5 Å². The molecule has 0 amide bonds. The highest BCUT2D eigenvalue weighted by Gasteiger charge is 2.37. The number of carbonyl (C=O) groups is 1. The van der Waals surface area contributed by atoms with Gasteiger partial charge in [-0.25, -0.2) is 0 Å². The molecule has 0 spiro atoms. The molecule has 0 bridgehead atoms. The second-order valence-corrected chi connectivity index (χ2v) is 6.95. The third-order valence-electron chi connectivity index (χ3n) is 4.17. The second-order valence-electron chi connectivity index (χ2n) is 5.76.